The average molecular weight is 216 g/mol. The molecule has 1 aromatic rings. The van der Waals surface area contributed by atoms with E-state index in [2.05, 4.69) is 0 Å². The number of nitrogens with zero attached hydrogens (tertiary/aromatic N) is 2. The molecule has 2 heterocycles. The molecule has 16 heavy (non-hydrogen) atoms. The molecular formula is C12H12N2O2. The van der Waals surface area contributed by atoms with E-state index >= 15 is 0 Å². The van der Waals surface area contributed by atoms with Crippen molar-refractivity contribution in [2.24, 2.45) is 0 Å². The highest BCUT2D eigenvalue weighted by Crippen LogP contribution is 2.35. The summed E-state index contributed by atoms with van der Waals surface area (Å²) in [4.78, 5) is 24.1. The van der Waals surface area contributed by atoms with Crippen molar-refractivity contribution in [3.8, 4) is 0 Å². The number of carbonyl (C=O) groups is 2. The first-order chi connectivity index (χ1) is 7.63. The van der Waals surface area contributed by atoms with E-state index in [1.165, 1.54) is 5.01 Å². The van der Waals surface area contributed by atoms with Crippen LogP contribution in [0, 0.1) is 0 Å². The lowest BCUT2D eigenvalue weighted by atomic mass is 10.1. The number of carbonyl (C=O) groups excluding carboxylic acids is 2. The van der Waals surface area contributed by atoms with Gasteiger partial charge in [0.15, 0.2) is 0 Å². The quantitative estimate of drug-likeness (QED) is 0.524. The van der Waals surface area contributed by atoms with Gasteiger partial charge in [-0.25, -0.2) is 10.0 Å². The van der Waals surface area contributed by atoms with Gasteiger partial charge < -0.3 is 0 Å². The maximum absolute atomic E-state index is 12.0. The van der Waals surface area contributed by atoms with Gasteiger partial charge in [0.1, 0.15) is 0 Å². The number of amides is 2. The number of hydrazine groups is 1. The summed E-state index contributed by atoms with van der Waals surface area (Å²) in [5, 5.41) is 3.10. The van der Waals surface area contributed by atoms with Gasteiger partial charge in [-0.2, -0.15) is 0 Å². The zero-order chi connectivity index (χ0) is 11.4. The van der Waals surface area contributed by atoms with Crippen molar-refractivity contribution in [2.45, 2.75) is 25.9 Å². The average Bonchev–Trinajstić information content (AvgIpc) is 2.78. The summed E-state index contributed by atoms with van der Waals surface area (Å²) >= 11 is 0. The Morgan fingerprint density at radius 3 is 1.75 bits per heavy atom. The van der Waals surface area contributed by atoms with E-state index in [4.69, 9.17) is 0 Å². The van der Waals surface area contributed by atoms with Gasteiger partial charge in [0.2, 0.25) is 0 Å². The van der Waals surface area contributed by atoms with Crippen LogP contribution in [0.4, 0.5) is 0 Å². The summed E-state index contributed by atoms with van der Waals surface area (Å²) in [6.45, 7) is 4.02. The predicted molar refractivity (Wildman–Crippen MR) is 57.7 cm³/mol. The predicted octanol–water partition coefficient (Wildman–Crippen LogP) is 1.29. The fourth-order valence-electron chi connectivity index (χ4n) is 2.23. The van der Waals surface area contributed by atoms with Crippen LogP contribution in [0.15, 0.2) is 24.3 Å². The number of benzene rings is 1. The first-order valence-corrected chi connectivity index (χ1v) is 5.39. The Bertz CT molecular complexity index is 455. The molecule has 2 aliphatic rings. The normalized spacial score (nSPS) is 31.9. The molecule has 1 fully saturated rings. The molecule has 0 radical (unpaired) electrons. The summed E-state index contributed by atoms with van der Waals surface area (Å²) in [6.07, 6.45) is 0. The van der Waals surface area contributed by atoms with Crippen molar-refractivity contribution in [2.75, 3.05) is 0 Å². The van der Waals surface area contributed by atoms with E-state index in [1.54, 1.807) is 24.3 Å². The second kappa shape index (κ2) is 2.92. The first kappa shape index (κ1) is 9.54. The number of imide groups is 1. The standard InChI is InChI=1S/C12H12N2O2/c1-7-8(2)13(7)14-11(15)9-5-3-4-6-10(9)12(14)16/h3-8H,1-2H3/t7-,8-/m0/s1. The van der Waals surface area contributed by atoms with Crippen molar-refractivity contribution in [1.29, 1.82) is 0 Å². The molecule has 2 aliphatic heterocycles. The van der Waals surface area contributed by atoms with Crippen LogP contribution in [0.2, 0.25) is 0 Å². The molecule has 1 saturated heterocycles. The second-order valence-electron chi connectivity index (χ2n) is 4.33. The van der Waals surface area contributed by atoms with Gasteiger partial charge in [-0.15, -0.1) is 0 Å². The van der Waals surface area contributed by atoms with Crippen LogP contribution in [0.1, 0.15) is 34.6 Å². The molecule has 0 aliphatic carbocycles. The Kier molecular flexibility index (Phi) is 1.74. The first-order valence-electron chi connectivity index (χ1n) is 5.39. The summed E-state index contributed by atoms with van der Waals surface area (Å²) in [5.41, 5.74) is 1.03. The van der Waals surface area contributed by atoms with E-state index in [1.807, 2.05) is 18.9 Å². The fourth-order valence-corrected chi connectivity index (χ4v) is 2.23. The zero-order valence-electron chi connectivity index (χ0n) is 9.18. The monoisotopic (exact) mass is 216 g/mol. The summed E-state index contributed by atoms with van der Waals surface area (Å²) < 4.78 is 0. The topological polar surface area (TPSA) is 40.4 Å². The maximum Gasteiger partial charge on any atom is 0.276 e. The minimum Gasteiger partial charge on any atom is -0.267 e. The number of rotatable bonds is 1. The Labute approximate surface area is 93.4 Å². The van der Waals surface area contributed by atoms with Crippen LogP contribution in [0.5, 0.6) is 0 Å². The summed E-state index contributed by atoms with van der Waals surface area (Å²) in [5.74, 6) is -0.395. The molecule has 0 unspecified atom stereocenters. The van der Waals surface area contributed by atoms with E-state index in [9.17, 15) is 9.59 Å². The Hall–Kier alpha value is -1.68. The van der Waals surface area contributed by atoms with Gasteiger partial charge in [0, 0.05) is 12.1 Å². The van der Waals surface area contributed by atoms with Gasteiger partial charge in [0.05, 0.1) is 11.1 Å². The highest BCUT2D eigenvalue weighted by atomic mass is 16.2. The lowest BCUT2D eigenvalue weighted by Gasteiger charge is -2.15. The lowest BCUT2D eigenvalue weighted by Crippen LogP contribution is -2.36. The van der Waals surface area contributed by atoms with E-state index < -0.39 is 0 Å². The summed E-state index contributed by atoms with van der Waals surface area (Å²) in [6, 6.07) is 7.50. The molecule has 4 heteroatoms. The van der Waals surface area contributed by atoms with Gasteiger partial charge in [-0.1, -0.05) is 12.1 Å². The Morgan fingerprint density at radius 2 is 1.38 bits per heavy atom. The number of hydrogen-bond acceptors (Lipinski definition) is 3. The molecule has 3 rings (SSSR count). The largest absolute Gasteiger partial charge is 0.276 e. The van der Waals surface area contributed by atoms with Crippen LogP contribution >= 0.6 is 0 Å². The van der Waals surface area contributed by atoms with Crippen molar-refractivity contribution in [3.05, 3.63) is 35.4 Å². The third kappa shape index (κ3) is 1.02. The molecule has 0 N–H and O–H groups in total. The zero-order valence-corrected chi connectivity index (χ0v) is 9.18. The molecule has 0 saturated carbocycles. The van der Waals surface area contributed by atoms with E-state index in [-0.39, 0.29) is 23.9 Å². The molecule has 1 aromatic carbocycles. The third-order valence-corrected chi connectivity index (χ3v) is 3.45. The molecule has 82 valence electrons. The van der Waals surface area contributed by atoms with Crippen molar-refractivity contribution in [1.82, 2.24) is 10.0 Å². The highest BCUT2D eigenvalue weighted by Gasteiger charge is 2.52. The minimum atomic E-state index is -0.197. The number of hydrogen-bond donors (Lipinski definition) is 0. The van der Waals surface area contributed by atoms with E-state index in [0.717, 1.165) is 0 Å². The van der Waals surface area contributed by atoms with Crippen molar-refractivity contribution in [3.63, 3.8) is 0 Å². The van der Waals surface area contributed by atoms with Gasteiger partial charge in [-0.05, 0) is 26.0 Å². The van der Waals surface area contributed by atoms with Crippen LogP contribution in [0.3, 0.4) is 0 Å². The van der Waals surface area contributed by atoms with Gasteiger partial charge in [0.25, 0.3) is 11.8 Å². The fraction of sp³-hybridized carbons (Fsp3) is 0.333. The Balaban J connectivity index is 2.02. The molecule has 2 atom stereocenters. The highest BCUT2D eigenvalue weighted by molar-refractivity contribution is 6.21. The molecule has 0 spiro atoms. The molecule has 0 aromatic heterocycles. The van der Waals surface area contributed by atoms with Gasteiger partial charge in [-0.3, -0.25) is 9.59 Å². The molecule has 0 bridgehead atoms. The Morgan fingerprint density at radius 1 is 0.938 bits per heavy atom. The van der Waals surface area contributed by atoms with E-state index in [0.29, 0.717) is 11.1 Å². The molecule has 4 nitrogen and oxygen atoms in total. The van der Waals surface area contributed by atoms with Crippen molar-refractivity contribution >= 4 is 11.8 Å². The van der Waals surface area contributed by atoms with Crippen LogP contribution in [-0.2, 0) is 0 Å². The van der Waals surface area contributed by atoms with Gasteiger partial charge >= 0.3 is 0 Å². The number of fused-ring (bicyclic) bond motifs is 1. The third-order valence-electron chi connectivity index (χ3n) is 3.45. The minimum absolute atomic E-state index is 0.197. The SMILES string of the molecule is C[C@H]1[C@H](C)N1N1C(=O)c2ccccc2C1=O. The van der Waals surface area contributed by atoms with Crippen LogP contribution in [-0.4, -0.2) is 33.9 Å². The van der Waals surface area contributed by atoms with Crippen LogP contribution in [0.25, 0.3) is 0 Å². The summed E-state index contributed by atoms with van der Waals surface area (Å²) in [7, 11) is 0. The lowest BCUT2D eigenvalue weighted by molar-refractivity contribution is 0.0351. The second-order valence-corrected chi connectivity index (χ2v) is 4.33. The molecular weight excluding hydrogens is 204 g/mol. The maximum atomic E-state index is 12.0. The van der Waals surface area contributed by atoms with Crippen molar-refractivity contribution < 1.29 is 9.59 Å². The van der Waals surface area contributed by atoms with Crippen LogP contribution < -0.4 is 0 Å². The smallest absolute Gasteiger partial charge is 0.267 e. The molecule has 2 amide bonds.